The second-order valence-electron chi connectivity index (χ2n) is 3.81. The molecule has 1 heteroatoms. The molecule has 0 saturated heterocycles. The summed E-state index contributed by atoms with van der Waals surface area (Å²) in [7, 11) is 0. The van der Waals surface area contributed by atoms with Crippen molar-refractivity contribution in [1.29, 1.82) is 0 Å². The standard InChI is InChI=1S/C9H17Br/c1-9(7-4-8-10)5-2-3-6-9/h2-8H2,1H3. The molecule has 0 aliphatic heterocycles. The largest absolute Gasteiger partial charge is 0.0928 e. The minimum absolute atomic E-state index is 0.716. The highest BCUT2D eigenvalue weighted by atomic mass is 79.9. The molecule has 0 atom stereocenters. The predicted octanol–water partition coefficient (Wildman–Crippen LogP) is 3.74. The molecule has 60 valence electrons. The number of hydrogen-bond acceptors (Lipinski definition) is 0. The van der Waals surface area contributed by atoms with Crippen LogP contribution in [-0.2, 0) is 0 Å². The molecule has 1 fully saturated rings. The average Bonchev–Trinajstić information content (AvgIpc) is 2.33. The summed E-state index contributed by atoms with van der Waals surface area (Å²) in [4.78, 5) is 0. The van der Waals surface area contributed by atoms with Crippen molar-refractivity contribution in [2.45, 2.75) is 45.4 Å². The van der Waals surface area contributed by atoms with Crippen LogP contribution in [0.15, 0.2) is 0 Å². The van der Waals surface area contributed by atoms with Crippen molar-refractivity contribution in [1.82, 2.24) is 0 Å². The Kier molecular flexibility index (Phi) is 3.22. The SMILES string of the molecule is CC1(CCCBr)CCCC1. The number of alkyl halides is 1. The minimum Gasteiger partial charge on any atom is -0.0928 e. The van der Waals surface area contributed by atoms with Gasteiger partial charge in [-0.15, -0.1) is 0 Å². The van der Waals surface area contributed by atoms with Crippen LogP contribution < -0.4 is 0 Å². The van der Waals surface area contributed by atoms with Gasteiger partial charge in [0.25, 0.3) is 0 Å². The number of halogens is 1. The molecular formula is C9H17Br. The zero-order valence-electron chi connectivity index (χ0n) is 6.83. The van der Waals surface area contributed by atoms with Crippen molar-refractivity contribution < 1.29 is 0 Å². The first-order valence-electron chi connectivity index (χ1n) is 4.33. The van der Waals surface area contributed by atoms with Crippen molar-refractivity contribution in [2.24, 2.45) is 5.41 Å². The Labute approximate surface area is 72.5 Å². The van der Waals surface area contributed by atoms with Gasteiger partial charge in [0, 0.05) is 5.33 Å². The van der Waals surface area contributed by atoms with E-state index in [0.29, 0.717) is 5.41 Å². The molecule has 1 aliphatic rings. The molecule has 0 unspecified atom stereocenters. The molecule has 1 rings (SSSR count). The van der Waals surface area contributed by atoms with Crippen LogP contribution in [0.2, 0.25) is 0 Å². The lowest BCUT2D eigenvalue weighted by molar-refractivity contribution is 0.306. The Balaban J connectivity index is 2.22. The minimum atomic E-state index is 0.716. The predicted molar refractivity (Wildman–Crippen MR) is 49.6 cm³/mol. The molecule has 0 nitrogen and oxygen atoms in total. The molecule has 0 amide bonds. The van der Waals surface area contributed by atoms with Crippen LogP contribution >= 0.6 is 15.9 Å². The van der Waals surface area contributed by atoms with Gasteiger partial charge in [0.2, 0.25) is 0 Å². The molecule has 0 heterocycles. The summed E-state index contributed by atoms with van der Waals surface area (Å²) in [6.45, 7) is 2.45. The number of rotatable bonds is 3. The summed E-state index contributed by atoms with van der Waals surface area (Å²) >= 11 is 3.48. The monoisotopic (exact) mass is 204 g/mol. The van der Waals surface area contributed by atoms with E-state index in [1.165, 1.54) is 43.9 Å². The Hall–Kier alpha value is 0.480. The third-order valence-electron chi connectivity index (χ3n) is 2.72. The Bertz CT molecular complexity index is 92.9. The summed E-state index contributed by atoms with van der Waals surface area (Å²) in [5.74, 6) is 0. The van der Waals surface area contributed by atoms with Gasteiger partial charge < -0.3 is 0 Å². The second-order valence-corrected chi connectivity index (χ2v) is 4.60. The maximum atomic E-state index is 3.48. The fraction of sp³-hybridized carbons (Fsp3) is 1.00. The maximum Gasteiger partial charge on any atom is 0.00315 e. The van der Waals surface area contributed by atoms with E-state index in [1.807, 2.05) is 0 Å². The fourth-order valence-corrected chi connectivity index (χ4v) is 2.25. The zero-order chi connectivity index (χ0) is 7.45. The molecule has 1 aliphatic carbocycles. The molecule has 0 spiro atoms. The van der Waals surface area contributed by atoms with E-state index in [2.05, 4.69) is 22.9 Å². The van der Waals surface area contributed by atoms with Crippen LogP contribution in [0.1, 0.15) is 45.4 Å². The summed E-state index contributed by atoms with van der Waals surface area (Å²) in [6, 6.07) is 0. The molecule has 0 radical (unpaired) electrons. The summed E-state index contributed by atoms with van der Waals surface area (Å²) in [6.07, 6.45) is 8.67. The van der Waals surface area contributed by atoms with Gasteiger partial charge in [-0.3, -0.25) is 0 Å². The Morgan fingerprint density at radius 1 is 1.30 bits per heavy atom. The second kappa shape index (κ2) is 3.75. The first-order valence-corrected chi connectivity index (χ1v) is 5.45. The summed E-state index contributed by atoms with van der Waals surface area (Å²) in [5, 5.41) is 1.18. The van der Waals surface area contributed by atoms with E-state index in [4.69, 9.17) is 0 Å². The first-order chi connectivity index (χ1) is 4.77. The Morgan fingerprint density at radius 2 is 1.90 bits per heavy atom. The molecule has 0 N–H and O–H groups in total. The van der Waals surface area contributed by atoms with E-state index >= 15 is 0 Å². The highest BCUT2D eigenvalue weighted by Gasteiger charge is 2.27. The zero-order valence-corrected chi connectivity index (χ0v) is 8.41. The van der Waals surface area contributed by atoms with Crippen molar-refractivity contribution >= 4 is 15.9 Å². The van der Waals surface area contributed by atoms with Crippen LogP contribution in [0.3, 0.4) is 0 Å². The van der Waals surface area contributed by atoms with Gasteiger partial charge in [0.15, 0.2) is 0 Å². The van der Waals surface area contributed by atoms with Crippen molar-refractivity contribution in [3.8, 4) is 0 Å². The molecule has 1 saturated carbocycles. The van der Waals surface area contributed by atoms with Crippen molar-refractivity contribution in [2.75, 3.05) is 5.33 Å². The maximum absolute atomic E-state index is 3.48. The lowest BCUT2D eigenvalue weighted by Crippen LogP contribution is -2.10. The van der Waals surface area contributed by atoms with Crippen molar-refractivity contribution in [3.63, 3.8) is 0 Å². The number of hydrogen-bond donors (Lipinski definition) is 0. The quantitative estimate of drug-likeness (QED) is 0.615. The normalized spacial score (nSPS) is 23.4. The van der Waals surface area contributed by atoms with Gasteiger partial charge in [-0.25, -0.2) is 0 Å². The fourth-order valence-electron chi connectivity index (χ4n) is 1.97. The molecule has 0 aromatic heterocycles. The molecule has 10 heavy (non-hydrogen) atoms. The highest BCUT2D eigenvalue weighted by Crippen LogP contribution is 2.41. The van der Waals surface area contributed by atoms with E-state index < -0.39 is 0 Å². The highest BCUT2D eigenvalue weighted by molar-refractivity contribution is 9.09. The van der Waals surface area contributed by atoms with Crippen LogP contribution in [0.25, 0.3) is 0 Å². The third-order valence-corrected chi connectivity index (χ3v) is 3.29. The smallest absolute Gasteiger partial charge is 0.00315 e. The van der Waals surface area contributed by atoms with Crippen LogP contribution in [0.4, 0.5) is 0 Å². The first kappa shape index (κ1) is 8.58. The summed E-state index contributed by atoms with van der Waals surface area (Å²) < 4.78 is 0. The summed E-state index contributed by atoms with van der Waals surface area (Å²) in [5.41, 5.74) is 0.716. The van der Waals surface area contributed by atoms with E-state index in [9.17, 15) is 0 Å². The third kappa shape index (κ3) is 2.26. The molecule has 0 aromatic carbocycles. The van der Waals surface area contributed by atoms with E-state index in [0.717, 1.165) is 0 Å². The van der Waals surface area contributed by atoms with Gasteiger partial charge in [0.05, 0.1) is 0 Å². The Morgan fingerprint density at radius 3 is 2.40 bits per heavy atom. The van der Waals surface area contributed by atoms with E-state index in [1.54, 1.807) is 0 Å². The van der Waals surface area contributed by atoms with Crippen molar-refractivity contribution in [3.05, 3.63) is 0 Å². The molecular weight excluding hydrogens is 188 g/mol. The van der Waals surface area contributed by atoms with Crippen LogP contribution in [0, 0.1) is 5.41 Å². The van der Waals surface area contributed by atoms with Gasteiger partial charge in [-0.1, -0.05) is 35.7 Å². The van der Waals surface area contributed by atoms with Gasteiger partial charge in [-0.05, 0) is 31.1 Å². The molecule has 0 bridgehead atoms. The van der Waals surface area contributed by atoms with Gasteiger partial charge in [0.1, 0.15) is 0 Å². The topological polar surface area (TPSA) is 0 Å². The van der Waals surface area contributed by atoms with Crippen LogP contribution in [0.5, 0.6) is 0 Å². The average molecular weight is 205 g/mol. The lowest BCUT2D eigenvalue weighted by Gasteiger charge is -2.22. The lowest BCUT2D eigenvalue weighted by atomic mass is 9.84. The van der Waals surface area contributed by atoms with Crippen LogP contribution in [-0.4, -0.2) is 5.33 Å². The van der Waals surface area contributed by atoms with E-state index in [-0.39, 0.29) is 0 Å². The van der Waals surface area contributed by atoms with Gasteiger partial charge in [-0.2, -0.15) is 0 Å². The molecule has 0 aromatic rings. The van der Waals surface area contributed by atoms with Gasteiger partial charge >= 0.3 is 0 Å².